The normalized spacial score (nSPS) is 19.8. The van der Waals surface area contributed by atoms with Crippen molar-refractivity contribution in [3.63, 3.8) is 0 Å². The molecule has 0 aromatic heterocycles. The lowest BCUT2D eigenvalue weighted by molar-refractivity contribution is -0.122. The minimum absolute atomic E-state index is 0.122. The highest BCUT2D eigenvalue weighted by Crippen LogP contribution is 2.29. The molecule has 2 aliphatic rings. The number of carbonyl (C=O) groups excluding carboxylic acids is 1. The molecule has 0 aromatic rings. The lowest BCUT2D eigenvalue weighted by atomic mass is 9.84. The van der Waals surface area contributed by atoms with Crippen LogP contribution in [0.4, 0.5) is 0 Å². The van der Waals surface area contributed by atoms with Crippen LogP contribution in [0, 0.1) is 16.7 Å². The zero-order valence-electron chi connectivity index (χ0n) is 14.6. The maximum Gasteiger partial charge on any atom is 0.179 e. The van der Waals surface area contributed by atoms with E-state index in [0.717, 1.165) is 24.5 Å². The quantitative estimate of drug-likeness (QED) is 0.579. The van der Waals surface area contributed by atoms with Crippen molar-refractivity contribution in [2.75, 3.05) is 26.3 Å². The van der Waals surface area contributed by atoms with E-state index in [0.29, 0.717) is 18.8 Å². The standard InChI is InChI=1S/C18H25N3O2/c1-13-10-15(16(12-19)17(22)18(3,4)5)11-14(2)21(13)20-6-8-23-9-7-20/h10-11H,6-9H2,1-5H3. The van der Waals surface area contributed by atoms with E-state index in [-0.39, 0.29) is 11.4 Å². The molecular formula is C18H25N3O2. The summed E-state index contributed by atoms with van der Waals surface area (Å²) in [6.45, 7) is 12.6. The third-order valence-electron chi connectivity index (χ3n) is 3.98. The number of hydrogen-bond donors (Lipinski definition) is 0. The predicted octanol–water partition coefficient (Wildman–Crippen LogP) is 2.79. The number of rotatable bonds is 2. The smallest absolute Gasteiger partial charge is 0.179 e. The first-order valence-electron chi connectivity index (χ1n) is 7.94. The molecule has 0 aliphatic carbocycles. The number of allylic oxidation sites excluding steroid dienone is 6. The van der Waals surface area contributed by atoms with Gasteiger partial charge in [-0.2, -0.15) is 5.26 Å². The minimum Gasteiger partial charge on any atom is -0.379 e. The van der Waals surface area contributed by atoms with Crippen molar-refractivity contribution in [3.05, 3.63) is 34.7 Å². The number of Topliss-reactive ketones (excluding diaryl/α,β-unsaturated/α-hetero) is 1. The highest BCUT2D eigenvalue weighted by molar-refractivity contribution is 6.04. The largest absolute Gasteiger partial charge is 0.379 e. The molecule has 5 heteroatoms. The van der Waals surface area contributed by atoms with Gasteiger partial charge in [-0.3, -0.25) is 9.80 Å². The monoisotopic (exact) mass is 315 g/mol. The molecular weight excluding hydrogens is 290 g/mol. The van der Waals surface area contributed by atoms with Crippen LogP contribution < -0.4 is 0 Å². The number of morpholine rings is 1. The molecule has 0 amide bonds. The van der Waals surface area contributed by atoms with Gasteiger partial charge in [-0.25, -0.2) is 5.01 Å². The molecule has 0 atom stereocenters. The van der Waals surface area contributed by atoms with Crippen LogP contribution in [0.15, 0.2) is 34.7 Å². The number of nitrogens with zero attached hydrogens (tertiary/aromatic N) is 3. The molecule has 0 spiro atoms. The van der Waals surface area contributed by atoms with Gasteiger partial charge in [-0.15, -0.1) is 0 Å². The molecule has 0 bridgehead atoms. The maximum atomic E-state index is 12.5. The Balaban J connectivity index is 2.38. The Hall–Kier alpha value is -1.90. The average Bonchev–Trinajstić information content (AvgIpc) is 2.47. The second-order valence-corrected chi connectivity index (χ2v) is 6.97. The fraction of sp³-hybridized carbons (Fsp3) is 0.556. The number of hydrazine groups is 1. The van der Waals surface area contributed by atoms with E-state index >= 15 is 0 Å². The zero-order valence-corrected chi connectivity index (χ0v) is 14.6. The molecule has 2 rings (SSSR count). The van der Waals surface area contributed by atoms with Crippen LogP contribution in [0.25, 0.3) is 0 Å². The van der Waals surface area contributed by atoms with E-state index in [2.05, 4.69) is 16.1 Å². The topological polar surface area (TPSA) is 56.6 Å². The fourth-order valence-electron chi connectivity index (χ4n) is 2.86. The molecule has 0 aromatic carbocycles. The average molecular weight is 315 g/mol. The lowest BCUT2D eigenvalue weighted by Crippen LogP contribution is -2.47. The van der Waals surface area contributed by atoms with Gasteiger partial charge in [0.25, 0.3) is 0 Å². The van der Waals surface area contributed by atoms with E-state index < -0.39 is 5.41 Å². The van der Waals surface area contributed by atoms with Crippen molar-refractivity contribution in [1.82, 2.24) is 10.0 Å². The van der Waals surface area contributed by atoms with Gasteiger partial charge in [0.2, 0.25) is 0 Å². The SMILES string of the molecule is CC1=CC(=C(C#N)C(=O)C(C)(C)C)C=C(C)N1N1CCOCC1. The summed E-state index contributed by atoms with van der Waals surface area (Å²) in [4.78, 5) is 12.5. The van der Waals surface area contributed by atoms with Crippen molar-refractivity contribution in [2.45, 2.75) is 34.6 Å². The molecule has 0 saturated carbocycles. The van der Waals surface area contributed by atoms with Crippen LogP contribution in [0.2, 0.25) is 0 Å². The summed E-state index contributed by atoms with van der Waals surface area (Å²) in [6.07, 6.45) is 3.84. The number of hydrogen-bond acceptors (Lipinski definition) is 5. The van der Waals surface area contributed by atoms with Crippen LogP contribution >= 0.6 is 0 Å². The Bertz CT molecular complexity index is 602. The highest BCUT2D eigenvalue weighted by atomic mass is 16.5. The Morgan fingerprint density at radius 3 is 2.13 bits per heavy atom. The van der Waals surface area contributed by atoms with Gasteiger partial charge < -0.3 is 4.74 Å². The molecule has 1 fully saturated rings. The second-order valence-electron chi connectivity index (χ2n) is 6.97. The molecule has 23 heavy (non-hydrogen) atoms. The Kier molecular flexibility index (Phi) is 5.08. The number of ketones is 1. The first-order valence-corrected chi connectivity index (χ1v) is 7.94. The zero-order chi connectivity index (χ0) is 17.2. The van der Waals surface area contributed by atoms with Crippen molar-refractivity contribution in [3.8, 4) is 6.07 Å². The summed E-state index contributed by atoms with van der Waals surface area (Å²) in [6, 6.07) is 2.10. The van der Waals surface area contributed by atoms with E-state index in [9.17, 15) is 10.1 Å². The Morgan fingerprint density at radius 1 is 1.17 bits per heavy atom. The van der Waals surface area contributed by atoms with Crippen LogP contribution in [0.5, 0.6) is 0 Å². The summed E-state index contributed by atoms with van der Waals surface area (Å²) < 4.78 is 5.40. The van der Waals surface area contributed by atoms with Crippen molar-refractivity contribution in [1.29, 1.82) is 5.26 Å². The molecule has 1 saturated heterocycles. The van der Waals surface area contributed by atoms with Gasteiger partial charge in [0.05, 0.1) is 13.2 Å². The van der Waals surface area contributed by atoms with Gasteiger partial charge in [0, 0.05) is 29.9 Å². The van der Waals surface area contributed by atoms with Crippen molar-refractivity contribution < 1.29 is 9.53 Å². The molecule has 124 valence electrons. The van der Waals surface area contributed by atoms with Gasteiger partial charge >= 0.3 is 0 Å². The minimum atomic E-state index is -0.567. The molecule has 0 radical (unpaired) electrons. The number of ether oxygens (including phenoxy) is 1. The summed E-state index contributed by atoms with van der Waals surface area (Å²) >= 11 is 0. The first kappa shape index (κ1) is 17.5. The lowest BCUT2D eigenvalue weighted by Gasteiger charge is -2.41. The third kappa shape index (κ3) is 3.72. The Morgan fingerprint density at radius 2 is 1.70 bits per heavy atom. The van der Waals surface area contributed by atoms with Crippen molar-refractivity contribution in [2.24, 2.45) is 5.41 Å². The first-order chi connectivity index (χ1) is 10.8. The summed E-state index contributed by atoms with van der Waals surface area (Å²) in [7, 11) is 0. The molecule has 0 N–H and O–H groups in total. The van der Waals surface area contributed by atoms with Gasteiger partial charge in [-0.05, 0) is 31.6 Å². The summed E-state index contributed by atoms with van der Waals surface area (Å²) in [5.74, 6) is -0.122. The van der Waals surface area contributed by atoms with Crippen LogP contribution in [0.1, 0.15) is 34.6 Å². The van der Waals surface area contributed by atoms with Crippen LogP contribution in [0.3, 0.4) is 0 Å². The Labute approximate surface area is 138 Å². The van der Waals surface area contributed by atoms with Crippen LogP contribution in [-0.2, 0) is 9.53 Å². The van der Waals surface area contributed by atoms with Crippen molar-refractivity contribution >= 4 is 5.78 Å². The molecule has 2 aliphatic heterocycles. The highest BCUT2D eigenvalue weighted by Gasteiger charge is 2.29. The van der Waals surface area contributed by atoms with Gasteiger partial charge in [0.1, 0.15) is 11.6 Å². The summed E-state index contributed by atoms with van der Waals surface area (Å²) in [5, 5.41) is 13.8. The summed E-state index contributed by atoms with van der Waals surface area (Å²) in [5.41, 5.74) is 2.39. The molecule has 5 nitrogen and oxygen atoms in total. The van der Waals surface area contributed by atoms with E-state index in [1.165, 1.54) is 0 Å². The van der Waals surface area contributed by atoms with Gasteiger partial charge in [0.15, 0.2) is 5.78 Å². The number of nitriles is 1. The van der Waals surface area contributed by atoms with E-state index in [1.54, 1.807) is 0 Å². The van der Waals surface area contributed by atoms with E-state index in [1.807, 2.05) is 46.8 Å². The van der Waals surface area contributed by atoms with Crippen LogP contribution in [-0.4, -0.2) is 42.1 Å². The van der Waals surface area contributed by atoms with Gasteiger partial charge in [-0.1, -0.05) is 20.8 Å². The maximum absolute atomic E-state index is 12.5. The van der Waals surface area contributed by atoms with E-state index in [4.69, 9.17) is 4.74 Å². The second kappa shape index (κ2) is 6.69. The number of carbonyl (C=O) groups is 1. The fourth-order valence-corrected chi connectivity index (χ4v) is 2.86. The predicted molar refractivity (Wildman–Crippen MR) is 88.8 cm³/mol. The third-order valence-corrected chi connectivity index (χ3v) is 3.98. The molecule has 2 heterocycles. The molecule has 0 unspecified atom stereocenters.